The molecule has 24 heteroatoms. The first-order chi connectivity index (χ1) is 31.0. The average molecular weight is 915 g/mol. The monoisotopic (exact) mass is 914 g/mol. The van der Waals surface area contributed by atoms with Crippen LogP contribution in [0, 0.1) is 0 Å². The molecule has 12 N–H and O–H groups in total. The van der Waals surface area contributed by atoms with Gasteiger partial charge in [0.2, 0.25) is 35.7 Å². The van der Waals surface area contributed by atoms with Crippen molar-refractivity contribution >= 4 is 92.8 Å². The van der Waals surface area contributed by atoms with Crippen molar-refractivity contribution < 1.29 is 37.1 Å². The van der Waals surface area contributed by atoms with E-state index in [1.54, 1.807) is 54.6 Å². The van der Waals surface area contributed by atoms with Crippen molar-refractivity contribution in [2.45, 2.75) is 23.6 Å². The second-order valence-corrected chi connectivity index (χ2v) is 15.1. The maximum absolute atomic E-state index is 12.7. The quantitative estimate of drug-likeness (QED) is 0.0103. The SMILES string of the molecule is CCOc1ccc(Nc2nc(NCCN)nc(Nc3ccc(C=Cc4ccc(Nc5nc(NCCN)nc(Nc6ccc(OCC)cc6)n5)cc4S(=O)(=O)O)c(SOOO)c3)n2)cc1. The number of hydrogen-bond donors (Lipinski definition) is 10. The fraction of sp³-hybridized carbons (Fsp3) is 0.200. The Hall–Kier alpha value is -6.90. The van der Waals surface area contributed by atoms with Crippen LogP contribution in [0.4, 0.5) is 58.4 Å². The molecule has 0 amide bonds. The number of benzene rings is 4. The number of nitrogens with two attached hydrogens (primary N) is 2. The summed E-state index contributed by atoms with van der Waals surface area (Å²) in [6.07, 6.45) is 3.07. The number of aromatic nitrogens is 6. The molecule has 6 rings (SSSR count). The molecule has 0 fully saturated rings. The van der Waals surface area contributed by atoms with Crippen LogP contribution >= 0.6 is 12.0 Å². The van der Waals surface area contributed by atoms with Gasteiger partial charge in [0.1, 0.15) is 16.4 Å². The first-order valence-corrected chi connectivity index (χ1v) is 21.8. The number of ether oxygens (including phenoxy) is 2. The largest absolute Gasteiger partial charge is 0.494 e. The summed E-state index contributed by atoms with van der Waals surface area (Å²) in [4.78, 5) is 26.7. The van der Waals surface area contributed by atoms with Crippen LogP contribution in [0.2, 0.25) is 0 Å². The molecule has 0 radical (unpaired) electrons. The Morgan fingerprint density at radius 1 is 0.594 bits per heavy atom. The Morgan fingerprint density at radius 2 is 1.00 bits per heavy atom. The minimum atomic E-state index is -4.76. The number of rotatable bonds is 24. The lowest BCUT2D eigenvalue weighted by Gasteiger charge is -2.13. The number of anilines is 10. The molecule has 0 spiro atoms. The van der Waals surface area contributed by atoms with E-state index in [2.05, 4.69) is 66.8 Å². The maximum Gasteiger partial charge on any atom is 0.295 e. The number of nitrogens with zero attached hydrogens (tertiary/aromatic N) is 6. The van der Waals surface area contributed by atoms with Crippen LogP contribution in [0.5, 0.6) is 11.5 Å². The van der Waals surface area contributed by atoms with Crippen LogP contribution in [0.15, 0.2) is 94.7 Å². The van der Waals surface area contributed by atoms with Gasteiger partial charge in [0, 0.05) is 53.8 Å². The first-order valence-electron chi connectivity index (χ1n) is 19.6. The van der Waals surface area contributed by atoms with Crippen molar-refractivity contribution in [1.82, 2.24) is 29.9 Å². The molecule has 0 aliphatic heterocycles. The van der Waals surface area contributed by atoms with Crippen molar-refractivity contribution in [2.24, 2.45) is 11.5 Å². The van der Waals surface area contributed by atoms with E-state index >= 15 is 0 Å². The van der Waals surface area contributed by atoms with E-state index in [1.165, 1.54) is 18.2 Å². The second-order valence-electron chi connectivity index (χ2n) is 13.0. The molecule has 0 unspecified atom stereocenters. The molecule has 4 aromatic carbocycles. The van der Waals surface area contributed by atoms with Gasteiger partial charge in [-0.2, -0.15) is 38.3 Å². The number of nitrogens with one attached hydrogen (secondary N) is 6. The van der Waals surface area contributed by atoms with E-state index in [-0.39, 0.29) is 46.9 Å². The van der Waals surface area contributed by atoms with Crippen molar-refractivity contribution in [1.29, 1.82) is 0 Å². The highest BCUT2D eigenvalue weighted by atomic mass is 32.2. The molecule has 0 aliphatic rings. The zero-order valence-electron chi connectivity index (χ0n) is 34.5. The average Bonchev–Trinajstić information content (AvgIpc) is 3.28. The fourth-order valence-electron chi connectivity index (χ4n) is 5.65. The van der Waals surface area contributed by atoms with Gasteiger partial charge in [-0.05, 0) is 97.8 Å². The Morgan fingerprint density at radius 3 is 1.44 bits per heavy atom. The summed E-state index contributed by atoms with van der Waals surface area (Å²) in [6.45, 7) is 6.29. The predicted octanol–water partition coefficient (Wildman–Crippen LogP) is 6.42. The van der Waals surface area contributed by atoms with Crippen molar-refractivity contribution in [3.8, 4) is 11.5 Å². The fourth-order valence-corrected chi connectivity index (χ4v) is 6.87. The highest BCUT2D eigenvalue weighted by Gasteiger charge is 2.17. The van der Waals surface area contributed by atoms with E-state index in [0.717, 1.165) is 5.75 Å². The summed E-state index contributed by atoms with van der Waals surface area (Å²) >= 11 is 0.669. The third kappa shape index (κ3) is 13.8. The molecule has 2 aromatic heterocycles. The zero-order chi connectivity index (χ0) is 45.3. The van der Waals surface area contributed by atoms with E-state index in [9.17, 15) is 13.0 Å². The third-order valence-corrected chi connectivity index (χ3v) is 9.95. The van der Waals surface area contributed by atoms with Gasteiger partial charge < -0.3 is 52.8 Å². The van der Waals surface area contributed by atoms with Gasteiger partial charge in [-0.1, -0.05) is 29.3 Å². The van der Waals surface area contributed by atoms with Crippen LogP contribution in [-0.4, -0.2) is 87.5 Å². The van der Waals surface area contributed by atoms with Gasteiger partial charge in [-0.15, -0.1) is 4.33 Å². The molecule has 2 heterocycles. The van der Waals surface area contributed by atoms with Gasteiger partial charge in [0.25, 0.3) is 10.1 Å². The molecule has 0 bridgehead atoms. The van der Waals surface area contributed by atoms with Crippen LogP contribution in [0.25, 0.3) is 12.2 Å². The predicted molar refractivity (Wildman–Crippen MR) is 245 cm³/mol. The van der Waals surface area contributed by atoms with Gasteiger partial charge in [-0.3, -0.25) is 4.55 Å². The lowest BCUT2D eigenvalue weighted by atomic mass is 10.1. The maximum atomic E-state index is 12.7. The van der Waals surface area contributed by atoms with Crippen molar-refractivity contribution in [2.75, 3.05) is 71.3 Å². The summed E-state index contributed by atoms with van der Waals surface area (Å²) in [7, 11) is -4.76. The standard InChI is InChI=1S/C40H46N14O8S2/c1-3-59-31-15-11-27(12-16-31)45-37-49-35(43-21-19-41)51-39(53-37)47-29-9-7-25(33(23-29)63-62-61-55)5-6-26-8-10-30(24-34(26)64(56,57)58)48-40-52-36(44-22-20-42)50-38(54-40)46-28-13-17-32(18-14-28)60-4-2/h5-18,23-24,55H,3-4,19-22,41-42H2,1-2H3,(H,56,57,58)(H3,43,45,47,49,51,53)(H3,44,46,48,50,52,54). The van der Waals surface area contributed by atoms with Crippen molar-refractivity contribution in [3.63, 3.8) is 0 Å². The van der Waals surface area contributed by atoms with Crippen LogP contribution in [0.1, 0.15) is 25.0 Å². The normalized spacial score (nSPS) is 11.3. The summed E-state index contributed by atoms with van der Waals surface area (Å²) in [5.41, 5.74) is 14.1. The molecule has 0 saturated carbocycles. The minimum absolute atomic E-state index is 0.0642. The third-order valence-electron chi connectivity index (χ3n) is 8.38. The molecule has 0 aliphatic carbocycles. The summed E-state index contributed by atoms with van der Waals surface area (Å²) in [5, 5.41) is 31.3. The molecule has 0 atom stereocenters. The van der Waals surface area contributed by atoms with Gasteiger partial charge in [0.15, 0.2) is 0 Å². The summed E-state index contributed by atoms with van der Waals surface area (Å²) in [5.74, 6) is 2.54. The van der Waals surface area contributed by atoms with Gasteiger partial charge >= 0.3 is 0 Å². The summed E-state index contributed by atoms with van der Waals surface area (Å²) < 4.78 is 51.6. The highest BCUT2D eigenvalue weighted by Crippen LogP contribution is 2.32. The van der Waals surface area contributed by atoms with Gasteiger partial charge in [0.05, 0.1) is 25.3 Å². The van der Waals surface area contributed by atoms with Gasteiger partial charge in [-0.25, -0.2) is 5.26 Å². The zero-order valence-corrected chi connectivity index (χ0v) is 36.1. The molecule has 0 saturated heterocycles. The Balaban J connectivity index is 1.23. The smallest absolute Gasteiger partial charge is 0.295 e. The van der Waals surface area contributed by atoms with Crippen LogP contribution < -0.4 is 52.8 Å². The van der Waals surface area contributed by atoms with E-state index in [4.69, 9.17) is 30.5 Å². The van der Waals surface area contributed by atoms with E-state index < -0.39 is 15.0 Å². The van der Waals surface area contributed by atoms with E-state index in [1.807, 2.05) is 38.1 Å². The lowest BCUT2D eigenvalue weighted by molar-refractivity contribution is -0.432. The molecule has 6 aromatic rings. The van der Waals surface area contributed by atoms with Crippen molar-refractivity contribution in [3.05, 3.63) is 96.1 Å². The minimum Gasteiger partial charge on any atom is -0.494 e. The summed E-state index contributed by atoms with van der Waals surface area (Å²) in [6, 6.07) is 23.9. The lowest BCUT2D eigenvalue weighted by Crippen LogP contribution is -2.16. The first kappa shape index (κ1) is 46.6. The molecular formula is C40H46N14O8S2. The second kappa shape index (κ2) is 23.0. The Bertz CT molecular complexity index is 2610. The Kier molecular flexibility index (Phi) is 16.7. The topological polar surface area (TPSA) is 313 Å². The molecule has 64 heavy (non-hydrogen) atoms. The van der Waals surface area contributed by atoms with Crippen LogP contribution in [-0.2, 0) is 19.5 Å². The highest BCUT2D eigenvalue weighted by molar-refractivity contribution is 7.94. The molecule has 22 nitrogen and oxygen atoms in total. The van der Waals surface area contributed by atoms with E-state index in [0.29, 0.717) is 84.7 Å². The molecule has 336 valence electrons. The number of hydrogen-bond acceptors (Lipinski definition) is 22. The van der Waals surface area contributed by atoms with Crippen LogP contribution in [0.3, 0.4) is 0 Å². The Labute approximate surface area is 372 Å². The molecular weight excluding hydrogens is 869 g/mol.